The number of nitrogens with one attached hydrogen (secondary N) is 2. The van der Waals surface area contributed by atoms with Crippen LogP contribution in [0.3, 0.4) is 0 Å². The molecule has 1 aliphatic heterocycles. The Morgan fingerprint density at radius 1 is 0.826 bits per heavy atom. The zero-order valence-corrected chi connectivity index (χ0v) is 13.5. The van der Waals surface area contributed by atoms with Crippen LogP contribution < -0.4 is 10.9 Å². The Morgan fingerprint density at radius 2 is 1.35 bits per heavy atom. The molecule has 5 fully saturated rings. The van der Waals surface area contributed by atoms with E-state index < -0.39 is 11.8 Å². The number of likely N-dealkylation sites (tertiary alicyclic amines) is 1. The van der Waals surface area contributed by atoms with E-state index in [-0.39, 0.29) is 11.3 Å². The van der Waals surface area contributed by atoms with Gasteiger partial charge in [-0.1, -0.05) is 0 Å². The van der Waals surface area contributed by atoms with Gasteiger partial charge in [-0.15, -0.1) is 0 Å². The lowest BCUT2D eigenvalue weighted by Gasteiger charge is -2.55. The summed E-state index contributed by atoms with van der Waals surface area (Å²) in [4.78, 5) is 38.2. The van der Waals surface area contributed by atoms with Crippen molar-refractivity contribution in [2.24, 2.45) is 23.2 Å². The van der Waals surface area contributed by atoms with Crippen LogP contribution >= 0.6 is 0 Å². The van der Waals surface area contributed by atoms with Crippen molar-refractivity contribution in [3.8, 4) is 0 Å². The molecule has 126 valence electrons. The van der Waals surface area contributed by atoms with E-state index in [9.17, 15) is 14.4 Å². The molecule has 5 aliphatic rings. The molecule has 1 saturated heterocycles. The first-order valence-electron chi connectivity index (χ1n) is 8.95. The highest BCUT2D eigenvalue weighted by molar-refractivity contribution is 6.35. The molecule has 23 heavy (non-hydrogen) atoms. The maximum absolute atomic E-state index is 12.7. The Labute approximate surface area is 136 Å². The van der Waals surface area contributed by atoms with Crippen molar-refractivity contribution in [1.82, 2.24) is 15.8 Å². The first kappa shape index (κ1) is 15.0. The van der Waals surface area contributed by atoms with Crippen LogP contribution in [0.25, 0.3) is 0 Å². The average molecular weight is 319 g/mol. The smallest absolute Gasteiger partial charge is 0.327 e. The molecule has 0 aromatic heterocycles. The number of carbonyl (C=O) groups excluding carboxylic acids is 3. The molecule has 6 nitrogen and oxygen atoms in total. The molecule has 0 aromatic carbocycles. The number of nitrogens with zero attached hydrogens (tertiary/aromatic N) is 1. The fourth-order valence-corrected chi connectivity index (χ4v) is 5.75. The highest BCUT2D eigenvalue weighted by Crippen LogP contribution is 2.59. The average Bonchev–Trinajstić information content (AvgIpc) is 3.04. The number of hydrogen-bond acceptors (Lipinski definition) is 3. The number of hydrogen-bond donors (Lipinski definition) is 2. The highest BCUT2D eigenvalue weighted by Gasteiger charge is 2.54. The van der Waals surface area contributed by atoms with Crippen LogP contribution in [0.2, 0.25) is 0 Å². The van der Waals surface area contributed by atoms with E-state index in [4.69, 9.17) is 0 Å². The van der Waals surface area contributed by atoms with Crippen molar-refractivity contribution in [2.45, 2.75) is 51.4 Å². The molecule has 0 spiro atoms. The molecule has 0 unspecified atom stereocenters. The quantitative estimate of drug-likeness (QED) is 0.558. The predicted molar refractivity (Wildman–Crippen MR) is 82.7 cm³/mol. The molecule has 5 rings (SSSR count). The molecule has 1 heterocycles. The Hall–Kier alpha value is -1.59. The van der Waals surface area contributed by atoms with E-state index in [1.807, 2.05) is 0 Å². The van der Waals surface area contributed by atoms with Gasteiger partial charge in [0.25, 0.3) is 0 Å². The summed E-state index contributed by atoms with van der Waals surface area (Å²) in [7, 11) is 0. The molecule has 0 aromatic rings. The van der Waals surface area contributed by atoms with Gasteiger partial charge in [0.2, 0.25) is 5.91 Å². The SMILES string of the molecule is O=C(NNC(=O)C12CC3CC(CC(C3)C1)C2)C(=O)N1CCCC1. The van der Waals surface area contributed by atoms with Gasteiger partial charge in [-0.25, -0.2) is 0 Å². The molecule has 4 saturated carbocycles. The van der Waals surface area contributed by atoms with Crippen molar-refractivity contribution >= 4 is 17.7 Å². The summed E-state index contributed by atoms with van der Waals surface area (Å²) in [6, 6.07) is 0. The minimum Gasteiger partial charge on any atom is -0.334 e. The van der Waals surface area contributed by atoms with Gasteiger partial charge in [-0.3, -0.25) is 25.2 Å². The van der Waals surface area contributed by atoms with E-state index in [0.29, 0.717) is 30.8 Å². The standard InChI is InChI=1S/C17H25N3O3/c21-14(15(22)20-3-1-2-4-20)18-19-16(23)17-8-11-5-12(9-17)7-13(6-11)10-17/h11-13H,1-10H2,(H,18,21)(H,19,23). The number of carbonyl (C=O) groups is 3. The van der Waals surface area contributed by atoms with Gasteiger partial charge in [0.05, 0.1) is 5.41 Å². The van der Waals surface area contributed by atoms with Gasteiger partial charge in [0.15, 0.2) is 0 Å². The van der Waals surface area contributed by atoms with Crippen LogP contribution in [0, 0.1) is 23.2 Å². The van der Waals surface area contributed by atoms with Gasteiger partial charge in [-0.05, 0) is 69.1 Å². The maximum Gasteiger partial charge on any atom is 0.327 e. The van der Waals surface area contributed by atoms with Gasteiger partial charge in [0, 0.05) is 13.1 Å². The van der Waals surface area contributed by atoms with Gasteiger partial charge >= 0.3 is 11.8 Å². The Balaban J connectivity index is 1.35. The second-order valence-corrected chi connectivity index (χ2v) is 8.11. The van der Waals surface area contributed by atoms with Crippen LogP contribution in [0.5, 0.6) is 0 Å². The summed E-state index contributed by atoms with van der Waals surface area (Å²) in [6.45, 7) is 1.27. The Morgan fingerprint density at radius 3 is 1.87 bits per heavy atom. The lowest BCUT2D eigenvalue weighted by molar-refractivity contribution is -0.151. The third kappa shape index (κ3) is 2.62. The number of rotatable bonds is 1. The maximum atomic E-state index is 12.7. The summed E-state index contributed by atoms with van der Waals surface area (Å²) in [6.07, 6.45) is 8.53. The first-order valence-corrected chi connectivity index (χ1v) is 8.95. The van der Waals surface area contributed by atoms with E-state index in [1.165, 1.54) is 19.3 Å². The largest absolute Gasteiger partial charge is 0.334 e. The Kier molecular flexibility index (Phi) is 3.58. The van der Waals surface area contributed by atoms with E-state index >= 15 is 0 Å². The van der Waals surface area contributed by atoms with Gasteiger partial charge < -0.3 is 4.90 Å². The lowest BCUT2D eigenvalue weighted by Crippen LogP contribution is -2.58. The number of amides is 3. The molecule has 2 N–H and O–H groups in total. The normalized spacial score (nSPS) is 37.7. The second kappa shape index (κ2) is 5.49. The van der Waals surface area contributed by atoms with Crippen molar-refractivity contribution in [3.05, 3.63) is 0 Å². The first-order chi connectivity index (χ1) is 11.1. The van der Waals surface area contributed by atoms with E-state index in [0.717, 1.165) is 32.1 Å². The predicted octanol–water partition coefficient (Wildman–Crippen LogP) is 0.973. The van der Waals surface area contributed by atoms with Crippen LogP contribution in [0.4, 0.5) is 0 Å². The van der Waals surface area contributed by atoms with E-state index in [2.05, 4.69) is 10.9 Å². The monoisotopic (exact) mass is 319 g/mol. The molecule has 3 amide bonds. The topological polar surface area (TPSA) is 78.5 Å². The fourth-order valence-electron chi connectivity index (χ4n) is 5.75. The Bertz CT molecular complexity index is 504. The van der Waals surface area contributed by atoms with Crippen molar-refractivity contribution in [3.63, 3.8) is 0 Å². The lowest BCUT2D eigenvalue weighted by atomic mass is 9.49. The zero-order valence-electron chi connectivity index (χ0n) is 13.5. The summed E-state index contributed by atoms with van der Waals surface area (Å²) >= 11 is 0. The summed E-state index contributed by atoms with van der Waals surface area (Å²) in [5.74, 6) is 0.689. The van der Waals surface area contributed by atoms with Crippen LogP contribution in [0.15, 0.2) is 0 Å². The van der Waals surface area contributed by atoms with E-state index in [1.54, 1.807) is 4.90 Å². The van der Waals surface area contributed by atoms with Crippen LogP contribution in [0.1, 0.15) is 51.4 Å². The minimum absolute atomic E-state index is 0.0841. The zero-order chi connectivity index (χ0) is 16.0. The fraction of sp³-hybridized carbons (Fsp3) is 0.824. The molecule has 6 heteroatoms. The van der Waals surface area contributed by atoms with Gasteiger partial charge in [-0.2, -0.15) is 0 Å². The molecule has 4 bridgehead atoms. The van der Waals surface area contributed by atoms with Gasteiger partial charge in [0.1, 0.15) is 0 Å². The highest BCUT2D eigenvalue weighted by atomic mass is 16.2. The number of hydrazine groups is 1. The van der Waals surface area contributed by atoms with Crippen LogP contribution in [-0.4, -0.2) is 35.7 Å². The van der Waals surface area contributed by atoms with Crippen molar-refractivity contribution < 1.29 is 14.4 Å². The summed E-state index contributed by atoms with van der Waals surface area (Å²) < 4.78 is 0. The summed E-state index contributed by atoms with van der Waals surface area (Å²) in [5, 5.41) is 0. The molecule has 0 atom stereocenters. The second-order valence-electron chi connectivity index (χ2n) is 8.11. The molecular weight excluding hydrogens is 294 g/mol. The molecule has 4 aliphatic carbocycles. The molecular formula is C17H25N3O3. The molecule has 0 radical (unpaired) electrons. The minimum atomic E-state index is -0.718. The third-order valence-electron chi connectivity index (χ3n) is 6.40. The summed E-state index contributed by atoms with van der Waals surface area (Å²) in [5.41, 5.74) is 4.61. The van der Waals surface area contributed by atoms with Crippen LogP contribution in [-0.2, 0) is 14.4 Å². The van der Waals surface area contributed by atoms with Crippen molar-refractivity contribution in [2.75, 3.05) is 13.1 Å². The van der Waals surface area contributed by atoms with Crippen molar-refractivity contribution in [1.29, 1.82) is 0 Å². The third-order valence-corrected chi connectivity index (χ3v) is 6.40.